The Morgan fingerprint density at radius 2 is 2.00 bits per heavy atom. The maximum absolute atomic E-state index is 11.7. The summed E-state index contributed by atoms with van der Waals surface area (Å²) in [5.74, 6) is -0.0989. The fourth-order valence-corrected chi connectivity index (χ4v) is 1.65. The van der Waals surface area contributed by atoms with Gasteiger partial charge in [-0.3, -0.25) is 9.59 Å². The number of carbonyl (C=O) groups excluding carboxylic acids is 2. The van der Waals surface area contributed by atoms with Crippen molar-refractivity contribution >= 4 is 17.5 Å². The van der Waals surface area contributed by atoms with E-state index in [-0.39, 0.29) is 12.5 Å². The maximum Gasteiger partial charge on any atom is 0.255 e. The van der Waals surface area contributed by atoms with Crippen LogP contribution in [0.25, 0.3) is 0 Å². The summed E-state index contributed by atoms with van der Waals surface area (Å²) in [5.41, 5.74) is 11.0. The molecule has 6 nitrogen and oxygen atoms in total. The molecule has 0 aliphatic rings. The third-order valence-electron chi connectivity index (χ3n) is 2.61. The van der Waals surface area contributed by atoms with E-state index in [2.05, 4.69) is 5.32 Å². The minimum absolute atomic E-state index is 0.0472. The highest BCUT2D eigenvalue weighted by Gasteiger charge is 2.04. The highest BCUT2D eigenvalue weighted by atomic mass is 16.5. The molecule has 6 heteroatoms. The lowest BCUT2D eigenvalue weighted by Crippen LogP contribution is -2.20. The van der Waals surface area contributed by atoms with Crippen molar-refractivity contribution in [1.82, 2.24) is 0 Å². The van der Waals surface area contributed by atoms with Gasteiger partial charge in [-0.05, 0) is 31.5 Å². The Kier molecular flexibility index (Phi) is 7.13. The lowest BCUT2D eigenvalue weighted by molar-refractivity contribution is -0.120. The second-order valence-corrected chi connectivity index (χ2v) is 4.43. The van der Waals surface area contributed by atoms with E-state index in [9.17, 15) is 9.59 Å². The molecule has 1 aromatic carbocycles. The van der Waals surface area contributed by atoms with Crippen LogP contribution in [0.3, 0.4) is 0 Å². The minimum atomic E-state index is -0.542. The average Bonchev–Trinajstić information content (AvgIpc) is 2.42. The smallest absolute Gasteiger partial charge is 0.255 e. The number of rotatable bonds is 9. The van der Waals surface area contributed by atoms with Crippen molar-refractivity contribution < 1.29 is 14.3 Å². The van der Waals surface area contributed by atoms with E-state index in [1.807, 2.05) is 0 Å². The molecule has 20 heavy (non-hydrogen) atoms. The van der Waals surface area contributed by atoms with Gasteiger partial charge >= 0.3 is 0 Å². The van der Waals surface area contributed by atoms with E-state index in [1.54, 1.807) is 24.3 Å². The molecule has 0 saturated carbocycles. The Bertz CT molecular complexity index is 449. The molecular formula is C14H21N3O3. The first-order valence-electron chi connectivity index (χ1n) is 6.63. The van der Waals surface area contributed by atoms with Crippen molar-refractivity contribution in [3.63, 3.8) is 0 Å². The second kappa shape index (κ2) is 8.92. The van der Waals surface area contributed by atoms with Crippen LogP contribution in [0.4, 0.5) is 5.69 Å². The molecule has 0 aromatic heterocycles. The standard InChI is InChI=1S/C14H21N3O3/c15-8-3-1-2-7-14(19)17-11-5-4-6-12(9-11)20-10-13(16)18/h4-6,9H,1-3,7-8,10,15H2,(H2,16,18)(H,17,19). The molecule has 110 valence electrons. The number of hydrogen-bond donors (Lipinski definition) is 3. The highest BCUT2D eigenvalue weighted by Crippen LogP contribution is 2.17. The Hall–Kier alpha value is -2.08. The highest BCUT2D eigenvalue weighted by molar-refractivity contribution is 5.90. The molecule has 2 amide bonds. The molecule has 0 radical (unpaired) electrons. The van der Waals surface area contributed by atoms with Crippen LogP contribution in [0.5, 0.6) is 5.75 Å². The number of hydrogen-bond acceptors (Lipinski definition) is 4. The topological polar surface area (TPSA) is 107 Å². The first-order chi connectivity index (χ1) is 9.61. The largest absolute Gasteiger partial charge is 0.484 e. The zero-order chi connectivity index (χ0) is 14.8. The van der Waals surface area contributed by atoms with Crippen molar-refractivity contribution in [1.29, 1.82) is 0 Å². The molecule has 0 unspecified atom stereocenters. The van der Waals surface area contributed by atoms with Crippen LogP contribution >= 0.6 is 0 Å². The number of primary amides is 1. The molecular weight excluding hydrogens is 258 g/mol. The number of anilines is 1. The van der Waals surface area contributed by atoms with E-state index < -0.39 is 5.91 Å². The molecule has 5 N–H and O–H groups in total. The number of ether oxygens (including phenoxy) is 1. The first-order valence-corrected chi connectivity index (χ1v) is 6.63. The van der Waals surface area contributed by atoms with Crippen LogP contribution in [0.15, 0.2) is 24.3 Å². The van der Waals surface area contributed by atoms with Crippen LogP contribution in [-0.2, 0) is 9.59 Å². The molecule has 0 fully saturated rings. The van der Waals surface area contributed by atoms with Crippen LogP contribution in [-0.4, -0.2) is 25.0 Å². The lowest BCUT2D eigenvalue weighted by Gasteiger charge is -2.08. The van der Waals surface area contributed by atoms with E-state index >= 15 is 0 Å². The van der Waals surface area contributed by atoms with Crippen molar-refractivity contribution in [2.24, 2.45) is 11.5 Å². The molecule has 0 aliphatic carbocycles. The molecule has 0 atom stereocenters. The zero-order valence-electron chi connectivity index (χ0n) is 11.4. The summed E-state index contributed by atoms with van der Waals surface area (Å²) in [6.07, 6.45) is 3.17. The number of nitrogens with one attached hydrogen (secondary N) is 1. The SMILES string of the molecule is NCCCCCC(=O)Nc1cccc(OCC(N)=O)c1. The maximum atomic E-state index is 11.7. The summed E-state index contributed by atoms with van der Waals surface area (Å²) in [6.45, 7) is 0.470. The van der Waals surface area contributed by atoms with Gasteiger partial charge in [0.15, 0.2) is 6.61 Å². The van der Waals surface area contributed by atoms with E-state index in [1.165, 1.54) is 0 Å². The number of amides is 2. The quantitative estimate of drug-likeness (QED) is 0.586. The molecule has 0 spiro atoms. The third kappa shape index (κ3) is 6.75. The fraction of sp³-hybridized carbons (Fsp3) is 0.429. The van der Waals surface area contributed by atoms with Gasteiger partial charge in [0.1, 0.15) is 5.75 Å². The number of unbranched alkanes of at least 4 members (excludes halogenated alkanes) is 2. The van der Waals surface area contributed by atoms with Crippen LogP contribution in [0, 0.1) is 0 Å². The van der Waals surface area contributed by atoms with Crippen molar-refractivity contribution in [2.75, 3.05) is 18.5 Å². The Morgan fingerprint density at radius 1 is 1.20 bits per heavy atom. The molecule has 0 bridgehead atoms. The van der Waals surface area contributed by atoms with Gasteiger partial charge in [-0.2, -0.15) is 0 Å². The monoisotopic (exact) mass is 279 g/mol. The van der Waals surface area contributed by atoms with Gasteiger partial charge in [-0.25, -0.2) is 0 Å². The van der Waals surface area contributed by atoms with Crippen LogP contribution in [0.2, 0.25) is 0 Å². The van der Waals surface area contributed by atoms with Crippen molar-refractivity contribution in [3.8, 4) is 5.75 Å². The number of benzene rings is 1. The molecule has 0 aliphatic heterocycles. The Labute approximate surface area is 118 Å². The van der Waals surface area contributed by atoms with Crippen molar-refractivity contribution in [2.45, 2.75) is 25.7 Å². The second-order valence-electron chi connectivity index (χ2n) is 4.43. The van der Waals surface area contributed by atoms with E-state index in [4.69, 9.17) is 16.2 Å². The van der Waals surface area contributed by atoms with Gasteiger partial charge in [0.05, 0.1) is 0 Å². The first kappa shape index (κ1) is 16.0. The predicted molar refractivity (Wildman–Crippen MR) is 77.3 cm³/mol. The van der Waals surface area contributed by atoms with Crippen molar-refractivity contribution in [3.05, 3.63) is 24.3 Å². The Balaban J connectivity index is 2.40. The average molecular weight is 279 g/mol. The van der Waals surface area contributed by atoms with E-state index in [0.717, 1.165) is 19.3 Å². The van der Waals surface area contributed by atoms with Gasteiger partial charge in [-0.15, -0.1) is 0 Å². The molecule has 1 aromatic rings. The number of carbonyl (C=O) groups is 2. The predicted octanol–water partition coefficient (Wildman–Crippen LogP) is 1.01. The Morgan fingerprint density at radius 3 is 2.70 bits per heavy atom. The fourth-order valence-electron chi connectivity index (χ4n) is 1.65. The normalized spacial score (nSPS) is 10.1. The summed E-state index contributed by atoms with van der Waals surface area (Å²) in [6, 6.07) is 6.84. The van der Waals surface area contributed by atoms with Crippen LogP contribution < -0.4 is 21.5 Å². The summed E-state index contributed by atoms with van der Waals surface area (Å²) in [7, 11) is 0. The van der Waals surface area contributed by atoms with Gasteiger partial charge in [0.2, 0.25) is 5.91 Å². The summed E-state index contributed by atoms with van der Waals surface area (Å²) in [4.78, 5) is 22.3. The molecule has 0 saturated heterocycles. The van der Waals surface area contributed by atoms with Gasteiger partial charge in [0, 0.05) is 18.2 Å². The summed E-state index contributed by atoms with van der Waals surface area (Å²) >= 11 is 0. The molecule has 0 heterocycles. The van der Waals surface area contributed by atoms with E-state index in [0.29, 0.717) is 24.4 Å². The van der Waals surface area contributed by atoms with Gasteiger partial charge < -0.3 is 21.5 Å². The lowest BCUT2D eigenvalue weighted by atomic mass is 10.2. The third-order valence-corrected chi connectivity index (χ3v) is 2.61. The minimum Gasteiger partial charge on any atom is -0.484 e. The van der Waals surface area contributed by atoms with Gasteiger partial charge in [0.25, 0.3) is 5.91 Å². The zero-order valence-corrected chi connectivity index (χ0v) is 11.4. The summed E-state index contributed by atoms with van der Waals surface area (Å²) < 4.78 is 5.16. The van der Waals surface area contributed by atoms with Crippen LogP contribution in [0.1, 0.15) is 25.7 Å². The summed E-state index contributed by atoms with van der Waals surface area (Å²) in [5, 5.41) is 2.78. The van der Waals surface area contributed by atoms with Gasteiger partial charge in [-0.1, -0.05) is 12.5 Å². The number of nitrogens with two attached hydrogens (primary N) is 2. The molecule has 1 rings (SSSR count).